The summed E-state index contributed by atoms with van der Waals surface area (Å²) < 4.78 is 0. The zero-order valence-electron chi connectivity index (χ0n) is 12.4. The first-order valence-corrected chi connectivity index (χ1v) is 8.33. The monoisotopic (exact) mass is 273 g/mol. The summed E-state index contributed by atoms with van der Waals surface area (Å²) in [4.78, 5) is 0. The van der Waals surface area contributed by atoms with Gasteiger partial charge >= 0.3 is 0 Å². The highest BCUT2D eigenvalue weighted by atomic mass is 16.3. The van der Waals surface area contributed by atoms with Gasteiger partial charge in [-0.1, -0.05) is 49.9 Å². The fourth-order valence-corrected chi connectivity index (χ4v) is 3.40. The molecule has 2 aliphatic rings. The topological polar surface area (TPSA) is 32.3 Å². The molecule has 20 heavy (non-hydrogen) atoms. The summed E-state index contributed by atoms with van der Waals surface area (Å²) in [5, 5.41) is 13.4. The zero-order chi connectivity index (χ0) is 13.8. The van der Waals surface area contributed by atoms with Crippen molar-refractivity contribution < 1.29 is 5.11 Å². The molecule has 2 N–H and O–H groups in total. The molecule has 110 valence electrons. The van der Waals surface area contributed by atoms with Crippen LogP contribution in [0.1, 0.15) is 74.5 Å². The Kier molecular flexibility index (Phi) is 4.74. The third kappa shape index (κ3) is 3.62. The minimum atomic E-state index is 0.103. The number of hydrogen-bond acceptors (Lipinski definition) is 2. The van der Waals surface area contributed by atoms with Gasteiger partial charge in [0.15, 0.2) is 0 Å². The predicted molar refractivity (Wildman–Crippen MR) is 82.9 cm³/mol. The molecule has 0 aromatic heterocycles. The van der Waals surface area contributed by atoms with Crippen molar-refractivity contribution in [3.63, 3.8) is 0 Å². The van der Waals surface area contributed by atoms with Crippen LogP contribution in [0.2, 0.25) is 0 Å². The summed E-state index contributed by atoms with van der Waals surface area (Å²) in [6, 6.07) is 9.61. The summed E-state index contributed by atoms with van der Waals surface area (Å²) in [6.07, 6.45) is 10.6. The fraction of sp³-hybridized carbons (Fsp3) is 0.667. The molecule has 0 saturated heterocycles. The molecule has 0 amide bonds. The maximum Gasteiger partial charge on any atom is 0.0626 e. The molecule has 1 atom stereocenters. The molecule has 3 rings (SSSR count). The molecule has 0 radical (unpaired) electrons. The molecule has 0 bridgehead atoms. The number of rotatable bonds is 5. The lowest BCUT2D eigenvalue weighted by molar-refractivity contribution is 0.228. The highest BCUT2D eigenvalue weighted by Crippen LogP contribution is 2.40. The molecule has 1 aromatic carbocycles. The summed E-state index contributed by atoms with van der Waals surface area (Å²) >= 11 is 0. The van der Waals surface area contributed by atoms with E-state index >= 15 is 0 Å². The highest BCUT2D eigenvalue weighted by Gasteiger charge is 2.24. The number of aliphatic hydroxyl groups is 1. The normalized spacial score (nSPS) is 22.4. The van der Waals surface area contributed by atoms with Crippen LogP contribution in [0.4, 0.5) is 0 Å². The van der Waals surface area contributed by atoms with Crippen molar-refractivity contribution >= 4 is 0 Å². The van der Waals surface area contributed by atoms with Gasteiger partial charge in [-0.2, -0.15) is 0 Å². The van der Waals surface area contributed by atoms with Crippen LogP contribution in [0.25, 0.3) is 0 Å². The van der Waals surface area contributed by atoms with Crippen molar-refractivity contribution in [1.29, 1.82) is 0 Å². The third-order valence-electron chi connectivity index (χ3n) is 4.86. The Morgan fingerprint density at radius 3 is 2.15 bits per heavy atom. The Bertz CT molecular complexity index is 402. The van der Waals surface area contributed by atoms with Crippen LogP contribution in [-0.4, -0.2) is 17.8 Å². The lowest BCUT2D eigenvalue weighted by atomic mass is 10.0. The van der Waals surface area contributed by atoms with Gasteiger partial charge in [0, 0.05) is 6.04 Å². The molecule has 2 aliphatic carbocycles. The van der Waals surface area contributed by atoms with Crippen LogP contribution in [-0.2, 0) is 0 Å². The minimum Gasteiger partial charge on any atom is -0.394 e. The molecule has 2 fully saturated rings. The van der Waals surface area contributed by atoms with Crippen molar-refractivity contribution in [2.75, 3.05) is 6.61 Å². The Morgan fingerprint density at radius 1 is 0.950 bits per heavy atom. The predicted octanol–water partition coefficient (Wildman–Crippen LogP) is 3.91. The van der Waals surface area contributed by atoms with Gasteiger partial charge in [-0.05, 0) is 42.7 Å². The molecule has 2 heteroatoms. The van der Waals surface area contributed by atoms with Crippen molar-refractivity contribution in [3.8, 4) is 0 Å². The third-order valence-corrected chi connectivity index (χ3v) is 4.86. The second-order valence-corrected chi connectivity index (χ2v) is 6.53. The van der Waals surface area contributed by atoms with Gasteiger partial charge in [-0.25, -0.2) is 0 Å². The molecule has 1 unspecified atom stereocenters. The van der Waals surface area contributed by atoms with Crippen LogP contribution in [0.15, 0.2) is 24.3 Å². The Hall–Kier alpha value is -0.860. The first kappa shape index (κ1) is 14.1. The van der Waals surface area contributed by atoms with E-state index < -0.39 is 0 Å². The first-order valence-electron chi connectivity index (χ1n) is 8.33. The van der Waals surface area contributed by atoms with Gasteiger partial charge in [0.1, 0.15) is 0 Å². The maximum atomic E-state index is 9.71. The van der Waals surface area contributed by atoms with Gasteiger partial charge in [-0.3, -0.25) is 0 Å². The van der Waals surface area contributed by atoms with E-state index in [-0.39, 0.29) is 12.6 Å². The lowest BCUT2D eigenvalue weighted by Crippen LogP contribution is -2.34. The molecule has 2 saturated carbocycles. The Labute approximate surface area is 122 Å². The van der Waals surface area contributed by atoms with E-state index in [1.165, 1.54) is 62.5 Å². The Morgan fingerprint density at radius 2 is 1.60 bits per heavy atom. The quantitative estimate of drug-likeness (QED) is 0.797. The van der Waals surface area contributed by atoms with Crippen molar-refractivity contribution in [3.05, 3.63) is 35.4 Å². The average Bonchev–Trinajstić information content (AvgIpc) is 3.32. The van der Waals surface area contributed by atoms with Crippen LogP contribution >= 0.6 is 0 Å². The molecule has 0 aliphatic heterocycles. The number of aliphatic hydroxyl groups excluding tert-OH is 1. The summed E-state index contributed by atoms with van der Waals surface area (Å²) in [6.45, 7) is 0.194. The van der Waals surface area contributed by atoms with E-state index in [4.69, 9.17) is 0 Å². The average molecular weight is 273 g/mol. The molecule has 2 nitrogen and oxygen atoms in total. The number of benzene rings is 1. The highest BCUT2D eigenvalue weighted by molar-refractivity contribution is 5.29. The van der Waals surface area contributed by atoms with Crippen molar-refractivity contribution in [2.45, 2.75) is 69.4 Å². The first-order chi connectivity index (χ1) is 9.86. The van der Waals surface area contributed by atoms with Gasteiger partial charge in [-0.15, -0.1) is 0 Å². The second-order valence-electron chi connectivity index (χ2n) is 6.53. The smallest absolute Gasteiger partial charge is 0.0626 e. The molecule has 1 aromatic rings. The van der Waals surface area contributed by atoms with E-state index in [2.05, 4.69) is 29.6 Å². The van der Waals surface area contributed by atoms with E-state index in [1.54, 1.807) is 0 Å². The largest absolute Gasteiger partial charge is 0.394 e. The summed E-state index contributed by atoms with van der Waals surface area (Å²) in [7, 11) is 0. The number of hydrogen-bond donors (Lipinski definition) is 2. The van der Waals surface area contributed by atoms with Gasteiger partial charge in [0.25, 0.3) is 0 Å². The van der Waals surface area contributed by atoms with Crippen molar-refractivity contribution in [1.82, 2.24) is 5.32 Å². The standard InChI is InChI=1S/C18H27NO/c20-13-18(19-17-5-3-1-2-4-6-17)16-11-9-15(10-12-16)14-7-8-14/h9-12,14,17-20H,1-8,13H2. The second kappa shape index (κ2) is 6.73. The van der Waals surface area contributed by atoms with Gasteiger partial charge in [0.2, 0.25) is 0 Å². The molecular weight excluding hydrogens is 246 g/mol. The summed E-state index contributed by atoms with van der Waals surface area (Å²) in [5.74, 6) is 0.812. The number of nitrogens with one attached hydrogen (secondary N) is 1. The van der Waals surface area contributed by atoms with Crippen molar-refractivity contribution in [2.24, 2.45) is 0 Å². The van der Waals surface area contributed by atoms with Crippen LogP contribution < -0.4 is 5.32 Å². The maximum absolute atomic E-state index is 9.71. The van der Waals surface area contributed by atoms with E-state index in [1.807, 2.05) is 0 Å². The van der Waals surface area contributed by atoms with Crippen LogP contribution in [0.5, 0.6) is 0 Å². The minimum absolute atomic E-state index is 0.103. The Balaban J connectivity index is 1.62. The van der Waals surface area contributed by atoms with Crippen LogP contribution in [0.3, 0.4) is 0 Å². The SMILES string of the molecule is OCC(NC1CCCCCC1)c1ccc(C2CC2)cc1. The van der Waals surface area contributed by atoms with E-state index in [9.17, 15) is 5.11 Å². The zero-order valence-corrected chi connectivity index (χ0v) is 12.4. The summed E-state index contributed by atoms with van der Waals surface area (Å²) in [5.41, 5.74) is 2.71. The molecular formula is C18H27NO. The van der Waals surface area contributed by atoms with Gasteiger partial charge in [0.05, 0.1) is 12.6 Å². The van der Waals surface area contributed by atoms with Crippen LogP contribution in [0, 0.1) is 0 Å². The fourth-order valence-electron chi connectivity index (χ4n) is 3.40. The lowest BCUT2D eigenvalue weighted by Gasteiger charge is -2.24. The van der Waals surface area contributed by atoms with E-state index in [0.29, 0.717) is 6.04 Å². The molecule has 0 spiro atoms. The van der Waals surface area contributed by atoms with Gasteiger partial charge < -0.3 is 10.4 Å². The molecule has 0 heterocycles. The van der Waals surface area contributed by atoms with E-state index in [0.717, 1.165) is 5.92 Å².